The second-order valence-corrected chi connectivity index (χ2v) is 6.00. The van der Waals surface area contributed by atoms with Gasteiger partial charge in [0.05, 0.1) is 11.7 Å². The Kier molecular flexibility index (Phi) is 3.81. The Morgan fingerprint density at radius 2 is 1.95 bits per heavy atom. The van der Waals surface area contributed by atoms with Gasteiger partial charge in [-0.15, -0.1) is 15.3 Å². The van der Waals surface area contributed by atoms with Crippen LogP contribution < -0.4 is 5.73 Å². The molecule has 2 heterocycles. The van der Waals surface area contributed by atoms with E-state index in [1.54, 1.807) is 0 Å². The lowest BCUT2D eigenvalue weighted by Gasteiger charge is -2.06. The molecule has 0 spiro atoms. The van der Waals surface area contributed by atoms with Crippen molar-refractivity contribution in [1.29, 1.82) is 0 Å². The summed E-state index contributed by atoms with van der Waals surface area (Å²) in [6.45, 7) is 2.05. The molecular formula is C13H13N5S2. The zero-order chi connectivity index (χ0) is 13.9. The monoisotopic (exact) mass is 303 g/mol. The zero-order valence-electron chi connectivity index (χ0n) is 10.9. The van der Waals surface area contributed by atoms with Crippen LogP contribution in [0.1, 0.15) is 29.2 Å². The van der Waals surface area contributed by atoms with Gasteiger partial charge >= 0.3 is 0 Å². The quantitative estimate of drug-likeness (QED) is 0.801. The minimum atomic E-state index is -0.242. The molecular weight excluding hydrogens is 290 g/mol. The van der Waals surface area contributed by atoms with Crippen molar-refractivity contribution < 1.29 is 0 Å². The number of rotatable bonds is 4. The maximum absolute atomic E-state index is 6.23. The van der Waals surface area contributed by atoms with Crippen LogP contribution in [0.4, 0.5) is 0 Å². The van der Waals surface area contributed by atoms with Gasteiger partial charge in [0.1, 0.15) is 9.88 Å². The van der Waals surface area contributed by atoms with Crippen LogP contribution in [0.5, 0.6) is 0 Å². The number of nitrogens with two attached hydrogens (primary N) is 1. The lowest BCUT2D eigenvalue weighted by atomic mass is 10.1. The predicted molar refractivity (Wildman–Crippen MR) is 80.7 cm³/mol. The van der Waals surface area contributed by atoms with E-state index in [2.05, 4.69) is 26.7 Å². The number of hydrogen-bond acceptors (Lipinski definition) is 7. The second-order valence-electron chi connectivity index (χ2n) is 4.24. The molecule has 1 atom stereocenters. The molecule has 1 unspecified atom stereocenters. The highest BCUT2D eigenvalue weighted by Crippen LogP contribution is 2.32. The average Bonchev–Trinajstić information content (AvgIpc) is 3.15. The van der Waals surface area contributed by atoms with E-state index in [0.717, 1.165) is 32.6 Å². The lowest BCUT2D eigenvalue weighted by molar-refractivity contribution is 0.831. The van der Waals surface area contributed by atoms with Gasteiger partial charge in [-0.1, -0.05) is 53.1 Å². The van der Waals surface area contributed by atoms with Crippen LogP contribution in [0, 0.1) is 0 Å². The fourth-order valence-electron chi connectivity index (χ4n) is 1.86. The molecule has 5 nitrogen and oxygen atoms in total. The summed E-state index contributed by atoms with van der Waals surface area (Å²) in [7, 11) is 0. The van der Waals surface area contributed by atoms with E-state index in [1.165, 1.54) is 22.9 Å². The van der Waals surface area contributed by atoms with Gasteiger partial charge in [0.2, 0.25) is 0 Å². The highest BCUT2D eigenvalue weighted by molar-refractivity contribution is 7.19. The topological polar surface area (TPSA) is 77.6 Å². The number of benzene rings is 1. The number of aromatic nitrogens is 4. The molecule has 0 saturated carbocycles. The average molecular weight is 303 g/mol. The summed E-state index contributed by atoms with van der Waals surface area (Å²) in [6.07, 6.45) is 0.839. The molecule has 0 fully saturated rings. The SMILES string of the molecule is CCc1nnsc1-c1nnc(C(N)c2ccccc2)s1. The van der Waals surface area contributed by atoms with Gasteiger partial charge in [0, 0.05) is 0 Å². The first-order chi connectivity index (χ1) is 9.79. The van der Waals surface area contributed by atoms with Crippen molar-refractivity contribution in [3.05, 3.63) is 46.6 Å². The molecule has 2 aromatic heterocycles. The molecule has 7 heteroatoms. The first-order valence-corrected chi connectivity index (χ1v) is 7.84. The molecule has 0 saturated heterocycles. The highest BCUT2D eigenvalue weighted by Gasteiger charge is 2.18. The van der Waals surface area contributed by atoms with E-state index in [4.69, 9.17) is 5.73 Å². The molecule has 3 aromatic rings. The summed E-state index contributed by atoms with van der Waals surface area (Å²) in [5, 5.41) is 14.2. The van der Waals surface area contributed by atoms with E-state index in [9.17, 15) is 0 Å². The van der Waals surface area contributed by atoms with E-state index in [-0.39, 0.29) is 6.04 Å². The Bertz CT molecular complexity index is 692. The van der Waals surface area contributed by atoms with E-state index in [1.807, 2.05) is 30.3 Å². The standard InChI is InChI=1S/C13H13N5S2/c1-2-9-11(20-18-15-9)13-17-16-12(19-13)10(14)8-6-4-3-5-7-8/h3-7,10H,2,14H2,1H3. The van der Waals surface area contributed by atoms with Crippen molar-refractivity contribution >= 4 is 22.9 Å². The van der Waals surface area contributed by atoms with Crippen molar-refractivity contribution in [3.63, 3.8) is 0 Å². The molecule has 1 aromatic carbocycles. The van der Waals surface area contributed by atoms with E-state index >= 15 is 0 Å². The lowest BCUT2D eigenvalue weighted by Crippen LogP contribution is -2.11. The Hall–Kier alpha value is -1.70. The minimum absolute atomic E-state index is 0.242. The van der Waals surface area contributed by atoms with Crippen molar-refractivity contribution in [3.8, 4) is 9.88 Å². The predicted octanol–water partition coefficient (Wildman–Crippen LogP) is 2.67. The van der Waals surface area contributed by atoms with E-state index in [0.29, 0.717) is 0 Å². The Balaban J connectivity index is 1.91. The fraction of sp³-hybridized carbons (Fsp3) is 0.231. The van der Waals surface area contributed by atoms with Gasteiger partial charge in [-0.25, -0.2) is 0 Å². The Morgan fingerprint density at radius 1 is 1.15 bits per heavy atom. The van der Waals surface area contributed by atoms with Crippen LogP contribution >= 0.6 is 22.9 Å². The molecule has 0 aliphatic carbocycles. The van der Waals surface area contributed by atoms with Crippen molar-refractivity contribution in [2.75, 3.05) is 0 Å². The molecule has 3 rings (SSSR count). The van der Waals surface area contributed by atoms with Crippen LogP contribution in [0.25, 0.3) is 9.88 Å². The first kappa shape index (κ1) is 13.3. The highest BCUT2D eigenvalue weighted by atomic mass is 32.1. The largest absolute Gasteiger partial charge is 0.318 e. The summed E-state index contributed by atoms with van der Waals surface area (Å²) in [6, 6.07) is 9.67. The van der Waals surface area contributed by atoms with Gasteiger partial charge in [-0.3, -0.25) is 0 Å². The zero-order valence-corrected chi connectivity index (χ0v) is 12.5. The molecule has 102 valence electrons. The molecule has 0 radical (unpaired) electrons. The van der Waals surface area contributed by atoms with Crippen molar-refractivity contribution in [2.45, 2.75) is 19.4 Å². The third kappa shape index (κ3) is 2.47. The van der Waals surface area contributed by atoms with Gasteiger partial charge in [0.25, 0.3) is 0 Å². The minimum Gasteiger partial charge on any atom is -0.318 e. The summed E-state index contributed by atoms with van der Waals surface area (Å²) in [4.78, 5) is 0.997. The molecule has 0 aliphatic heterocycles. The third-order valence-corrected chi connectivity index (χ3v) is 4.88. The molecule has 2 N–H and O–H groups in total. The smallest absolute Gasteiger partial charge is 0.161 e. The molecule has 0 aliphatic rings. The van der Waals surface area contributed by atoms with Gasteiger partial charge in [-0.2, -0.15) is 0 Å². The van der Waals surface area contributed by atoms with E-state index < -0.39 is 0 Å². The maximum Gasteiger partial charge on any atom is 0.161 e. The number of aryl methyl sites for hydroxylation is 1. The second kappa shape index (κ2) is 5.74. The molecule has 0 amide bonds. The number of hydrogen-bond donors (Lipinski definition) is 1. The Labute approximate surface area is 124 Å². The summed E-state index contributed by atoms with van der Waals surface area (Å²) < 4.78 is 3.98. The van der Waals surface area contributed by atoms with Crippen molar-refractivity contribution in [2.24, 2.45) is 5.73 Å². The molecule has 0 bridgehead atoms. The Morgan fingerprint density at radius 3 is 2.70 bits per heavy atom. The van der Waals surface area contributed by atoms with Crippen LogP contribution in [-0.2, 0) is 6.42 Å². The first-order valence-electron chi connectivity index (χ1n) is 6.25. The van der Waals surface area contributed by atoms with Crippen LogP contribution in [-0.4, -0.2) is 19.8 Å². The van der Waals surface area contributed by atoms with Crippen molar-refractivity contribution in [1.82, 2.24) is 19.8 Å². The fourth-order valence-corrected chi connectivity index (χ4v) is 3.56. The van der Waals surface area contributed by atoms with Gasteiger partial charge in [-0.05, 0) is 23.5 Å². The normalized spacial score (nSPS) is 12.5. The van der Waals surface area contributed by atoms with Crippen LogP contribution in [0.15, 0.2) is 30.3 Å². The van der Waals surface area contributed by atoms with Gasteiger partial charge in [0.15, 0.2) is 5.01 Å². The third-order valence-electron chi connectivity index (χ3n) is 2.95. The number of nitrogens with zero attached hydrogens (tertiary/aromatic N) is 4. The van der Waals surface area contributed by atoms with Crippen LogP contribution in [0.3, 0.4) is 0 Å². The van der Waals surface area contributed by atoms with Gasteiger partial charge < -0.3 is 5.73 Å². The maximum atomic E-state index is 6.23. The summed E-state index contributed by atoms with van der Waals surface area (Å²) in [5.74, 6) is 0. The molecule has 20 heavy (non-hydrogen) atoms. The summed E-state index contributed by atoms with van der Waals surface area (Å²) in [5.41, 5.74) is 8.23. The summed E-state index contributed by atoms with van der Waals surface area (Å²) >= 11 is 2.86. The van der Waals surface area contributed by atoms with Crippen LogP contribution in [0.2, 0.25) is 0 Å².